The molecule has 0 radical (unpaired) electrons. The second-order valence-electron chi connectivity index (χ2n) is 6.12. The van der Waals surface area contributed by atoms with Crippen molar-refractivity contribution in [2.45, 2.75) is 31.9 Å². The number of carboxylic acid groups (broad SMARTS) is 1. The molecule has 0 bridgehead atoms. The van der Waals surface area contributed by atoms with Crippen LogP contribution in [0.3, 0.4) is 0 Å². The van der Waals surface area contributed by atoms with Crippen molar-refractivity contribution >= 4 is 12.1 Å². The van der Waals surface area contributed by atoms with Crippen molar-refractivity contribution in [3.63, 3.8) is 0 Å². The van der Waals surface area contributed by atoms with Gasteiger partial charge in [-0.25, -0.2) is 14.0 Å². The zero-order valence-electron chi connectivity index (χ0n) is 13.7. The number of rotatable bonds is 4. The van der Waals surface area contributed by atoms with Crippen LogP contribution in [-0.4, -0.2) is 17.2 Å². The fourth-order valence-electron chi connectivity index (χ4n) is 3.30. The number of carboxylic acids is 1. The van der Waals surface area contributed by atoms with Crippen LogP contribution in [0.1, 0.15) is 52.4 Å². The van der Waals surface area contributed by atoms with E-state index in [1.165, 1.54) is 6.07 Å². The Morgan fingerprint density at radius 3 is 2.60 bits per heavy atom. The summed E-state index contributed by atoms with van der Waals surface area (Å²) in [6.07, 6.45) is -0.230. The maximum Gasteiger partial charge on any atom is 0.407 e. The minimum absolute atomic E-state index is 0.00843. The average molecular weight is 343 g/mol. The number of nitrogens with one attached hydrogen (secondary N) is 1. The van der Waals surface area contributed by atoms with E-state index in [9.17, 15) is 19.1 Å². The molecule has 2 N–H and O–H groups in total. The van der Waals surface area contributed by atoms with Crippen molar-refractivity contribution in [1.29, 1.82) is 0 Å². The molecule has 130 valence electrons. The summed E-state index contributed by atoms with van der Waals surface area (Å²) >= 11 is 0. The van der Waals surface area contributed by atoms with E-state index in [0.29, 0.717) is 17.5 Å². The van der Waals surface area contributed by atoms with Crippen LogP contribution in [0.25, 0.3) is 0 Å². The number of halogens is 1. The van der Waals surface area contributed by atoms with Gasteiger partial charge in [0, 0.05) is 0 Å². The SMILES string of the molecule is C[C@@H]1C[C@@H](NC(=O)OCc2ccccc2)c2c(C(=O)O)ccc(F)c21. The Morgan fingerprint density at radius 2 is 1.92 bits per heavy atom. The van der Waals surface area contributed by atoms with Crippen LogP contribution in [0.15, 0.2) is 42.5 Å². The predicted octanol–water partition coefficient (Wildman–Crippen LogP) is 4.00. The molecule has 2 atom stereocenters. The second kappa shape index (κ2) is 6.93. The normalized spacial score (nSPS) is 18.5. The third-order valence-electron chi connectivity index (χ3n) is 4.40. The summed E-state index contributed by atoms with van der Waals surface area (Å²) in [4.78, 5) is 23.5. The second-order valence-corrected chi connectivity index (χ2v) is 6.12. The number of carbonyl (C=O) groups is 2. The van der Waals surface area contributed by atoms with E-state index >= 15 is 0 Å². The standard InChI is InChI=1S/C19H18FNO4/c1-11-9-15(17-13(18(22)23)7-8-14(20)16(11)17)21-19(24)25-10-12-5-3-2-4-6-12/h2-8,11,15H,9-10H2,1H3,(H,21,24)(H,22,23)/t11-,15-/m1/s1. The topological polar surface area (TPSA) is 75.6 Å². The van der Waals surface area contributed by atoms with Crippen LogP contribution in [0.2, 0.25) is 0 Å². The lowest BCUT2D eigenvalue weighted by Gasteiger charge is -2.16. The molecule has 25 heavy (non-hydrogen) atoms. The number of amides is 1. The van der Waals surface area contributed by atoms with E-state index in [4.69, 9.17) is 4.74 Å². The summed E-state index contributed by atoms with van der Waals surface area (Å²) in [5.41, 5.74) is 1.54. The molecule has 2 aromatic rings. The molecule has 0 fully saturated rings. The number of hydrogen-bond donors (Lipinski definition) is 2. The molecular formula is C19H18FNO4. The molecule has 0 saturated carbocycles. The van der Waals surface area contributed by atoms with Crippen LogP contribution in [0.4, 0.5) is 9.18 Å². The summed E-state index contributed by atoms with van der Waals surface area (Å²) in [6, 6.07) is 11.0. The van der Waals surface area contributed by atoms with E-state index < -0.39 is 23.9 Å². The Balaban J connectivity index is 1.76. The highest BCUT2D eigenvalue weighted by Gasteiger charge is 2.35. The molecule has 5 nitrogen and oxygen atoms in total. The lowest BCUT2D eigenvalue weighted by molar-refractivity contribution is 0.0694. The third-order valence-corrected chi connectivity index (χ3v) is 4.40. The van der Waals surface area contributed by atoms with Gasteiger partial charge in [0.15, 0.2) is 0 Å². The summed E-state index contributed by atoms with van der Waals surface area (Å²) < 4.78 is 19.3. The highest BCUT2D eigenvalue weighted by atomic mass is 19.1. The number of ether oxygens (including phenoxy) is 1. The van der Waals surface area contributed by atoms with E-state index in [0.717, 1.165) is 11.6 Å². The van der Waals surface area contributed by atoms with Gasteiger partial charge in [0.25, 0.3) is 0 Å². The van der Waals surface area contributed by atoms with Crippen LogP contribution in [0, 0.1) is 5.82 Å². The fourth-order valence-corrected chi connectivity index (χ4v) is 3.30. The summed E-state index contributed by atoms with van der Waals surface area (Å²) in [6.45, 7) is 1.92. The Labute approximate surface area is 144 Å². The molecule has 1 amide bonds. The first kappa shape index (κ1) is 17.0. The van der Waals surface area contributed by atoms with Gasteiger partial charge in [-0.2, -0.15) is 0 Å². The lowest BCUT2D eigenvalue weighted by atomic mass is 9.98. The van der Waals surface area contributed by atoms with Crippen LogP contribution >= 0.6 is 0 Å². The number of hydrogen-bond acceptors (Lipinski definition) is 3. The molecule has 0 aliphatic heterocycles. The average Bonchev–Trinajstić information content (AvgIpc) is 2.91. The largest absolute Gasteiger partial charge is 0.478 e. The van der Waals surface area contributed by atoms with Gasteiger partial charge in [0.05, 0.1) is 11.6 Å². The highest BCUT2D eigenvalue weighted by molar-refractivity contribution is 5.90. The van der Waals surface area contributed by atoms with Crippen LogP contribution in [0.5, 0.6) is 0 Å². The van der Waals surface area contributed by atoms with E-state index in [1.807, 2.05) is 37.3 Å². The predicted molar refractivity (Wildman–Crippen MR) is 88.9 cm³/mol. The van der Waals surface area contributed by atoms with Crippen LogP contribution in [-0.2, 0) is 11.3 Å². The first-order valence-corrected chi connectivity index (χ1v) is 8.00. The summed E-state index contributed by atoms with van der Waals surface area (Å²) in [7, 11) is 0. The van der Waals surface area contributed by atoms with Crippen LogP contribution < -0.4 is 5.32 Å². The lowest BCUT2D eigenvalue weighted by Crippen LogP contribution is -2.28. The highest BCUT2D eigenvalue weighted by Crippen LogP contribution is 2.43. The molecule has 1 aliphatic rings. The van der Waals surface area contributed by atoms with Crippen molar-refractivity contribution in [3.8, 4) is 0 Å². The minimum Gasteiger partial charge on any atom is -0.478 e. The first-order valence-electron chi connectivity index (χ1n) is 8.00. The number of carbonyl (C=O) groups excluding carboxylic acids is 1. The Hall–Kier alpha value is -2.89. The van der Waals surface area contributed by atoms with Crippen molar-refractivity contribution in [2.75, 3.05) is 0 Å². The summed E-state index contributed by atoms with van der Waals surface area (Å²) in [5, 5.41) is 12.0. The maximum absolute atomic E-state index is 14.1. The molecule has 0 spiro atoms. The van der Waals surface area contributed by atoms with Gasteiger partial charge in [0.1, 0.15) is 12.4 Å². The smallest absolute Gasteiger partial charge is 0.407 e. The summed E-state index contributed by atoms with van der Waals surface area (Å²) in [5.74, 6) is -1.78. The van der Waals surface area contributed by atoms with Crippen molar-refractivity contribution in [3.05, 3.63) is 70.5 Å². The number of benzene rings is 2. The Bertz CT molecular complexity index is 807. The van der Waals surface area contributed by atoms with Crippen molar-refractivity contribution in [1.82, 2.24) is 5.32 Å². The van der Waals surface area contributed by atoms with Gasteiger partial charge in [0.2, 0.25) is 0 Å². The Morgan fingerprint density at radius 1 is 1.20 bits per heavy atom. The van der Waals surface area contributed by atoms with Gasteiger partial charge in [-0.15, -0.1) is 0 Å². The molecule has 2 aromatic carbocycles. The van der Waals surface area contributed by atoms with Crippen molar-refractivity contribution < 1.29 is 23.8 Å². The van der Waals surface area contributed by atoms with Gasteiger partial charge in [-0.3, -0.25) is 0 Å². The van der Waals surface area contributed by atoms with Gasteiger partial charge < -0.3 is 15.2 Å². The Kier molecular flexibility index (Phi) is 4.70. The number of alkyl carbamates (subject to hydrolysis) is 1. The fraction of sp³-hybridized carbons (Fsp3) is 0.263. The zero-order valence-corrected chi connectivity index (χ0v) is 13.7. The third kappa shape index (κ3) is 3.47. The molecule has 3 rings (SSSR count). The van der Waals surface area contributed by atoms with Gasteiger partial charge in [-0.1, -0.05) is 37.3 Å². The molecule has 0 aromatic heterocycles. The first-order chi connectivity index (χ1) is 12.0. The number of fused-ring (bicyclic) bond motifs is 1. The van der Waals surface area contributed by atoms with E-state index in [-0.39, 0.29) is 18.1 Å². The van der Waals surface area contributed by atoms with E-state index in [1.54, 1.807) is 0 Å². The quantitative estimate of drug-likeness (QED) is 0.880. The van der Waals surface area contributed by atoms with Gasteiger partial charge >= 0.3 is 12.1 Å². The minimum atomic E-state index is -1.14. The molecular weight excluding hydrogens is 325 g/mol. The zero-order chi connectivity index (χ0) is 18.0. The number of aromatic carboxylic acids is 1. The molecule has 0 unspecified atom stereocenters. The maximum atomic E-state index is 14.1. The van der Waals surface area contributed by atoms with Crippen molar-refractivity contribution in [2.24, 2.45) is 0 Å². The van der Waals surface area contributed by atoms with Gasteiger partial charge in [-0.05, 0) is 41.2 Å². The molecule has 1 aliphatic carbocycles. The van der Waals surface area contributed by atoms with E-state index in [2.05, 4.69) is 5.32 Å². The molecule has 6 heteroatoms. The molecule has 0 saturated heterocycles. The monoisotopic (exact) mass is 343 g/mol. The molecule has 0 heterocycles.